The van der Waals surface area contributed by atoms with E-state index in [0.29, 0.717) is 13.0 Å². The summed E-state index contributed by atoms with van der Waals surface area (Å²) >= 11 is 0. The number of nitrogens with zero attached hydrogens (tertiary/aromatic N) is 1. The van der Waals surface area contributed by atoms with Crippen LogP contribution in [0, 0.1) is 5.92 Å². The van der Waals surface area contributed by atoms with Crippen LogP contribution < -0.4 is 16.4 Å². The van der Waals surface area contributed by atoms with Crippen molar-refractivity contribution in [1.29, 1.82) is 0 Å². The number of carbonyl (C=O) groups excluding carboxylic acids is 1. The molecule has 0 bridgehead atoms. The lowest BCUT2D eigenvalue weighted by Gasteiger charge is -2.36. The van der Waals surface area contributed by atoms with Crippen LogP contribution in [0.4, 0.5) is 0 Å². The molecule has 0 saturated carbocycles. The first-order valence-electron chi connectivity index (χ1n) is 8.95. The summed E-state index contributed by atoms with van der Waals surface area (Å²) in [6.07, 6.45) is 10.5. The van der Waals surface area contributed by atoms with Gasteiger partial charge in [-0.2, -0.15) is 0 Å². The second-order valence-electron chi connectivity index (χ2n) is 6.13. The first-order chi connectivity index (χ1) is 11.6. The maximum Gasteiger partial charge on any atom is 0.226 e. The van der Waals surface area contributed by atoms with E-state index in [1.165, 1.54) is 11.3 Å². The average Bonchev–Trinajstić information content (AvgIpc) is 2.60. The third kappa shape index (κ3) is 4.22. The summed E-state index contributed by atoms with van der Waals surface area (Å²) in [5.41, 5.74) is 10.5. The highest BCUT2D eigenvalue weighted by molar-refractivity contribution is 5.77. The normalized spacial score (nSPS) is 22.2. The SMILES string of the molecule is CCN/C=C(N)/C=C1\CCNC2=CC=C(N(CC)C(=O)CC)CC21. The van der Waals surface area contributed by atoms with Gasteiger partial charge in [-0.3, -0.25) is 4.79 Å². The Balaban J connectivity index is 2.22. The number of piperidine rings is 1. The van der Waals surface area contributed by atoms with Crippen molar-refractivity contribution in [3.63, 3.8) is 0 Å². The molecule has 1 saturated heterocycles. The van der Waals surface area contributed by atoms with Crippen molar-refractivity contribution in [2.45, 2.75) is 40.0 Å². The standard InChI is InChI=1S/C19H30N4O/c1-4-19(24)23(6-3)16-7-8-18-17(12-16)14(9-10-22-18)11-15(20)13-21-5-2/h7-8,11,13,17,21-22H,4-6,9-10,12,20H2,1-3H3/b14-11+,15-13-. The molecule has 1 fully saturated rings. The summed E-state index contributed by atoms with van der Waals surface area (Å²) in [5, 5.41) is 6.63. The molecule has 0 radical (unpaired) electrons. The molecule has 5 heteroatoms. The smallest absolute Gasteiger partial charge is 0.226 e. The molecule has 1 amide bonds. The van der Waals surface area contributed by atoms with E-state index in [-0.39, 0.29) is 11.8 Å². The fourth-order valence-electron chi connectivity index (χ4n) is 3.31. The van der Waals surface area contributed by atoms with Crippen molar-refractivity contribution >= 4 is 5.91 Å². The molecule has 1 heterocycles. The molecule has 0 aromatic rings. The van der Waals surface area contributed by atoms with Crippen LogP contribution in [-0.4, -0.2) is 30.4 Å². The van der Waals surface area contributed by atoms with E-state index >= 15 is 0 Å². The lowest BCUT2D eigenvalue weighted by atomic mass is 9.82. The Kier molecular flexibility index (Phi) is 6.53. The van der Waals surface area contributed by atoms with Crippen molar-refractivity contribution in [3.05, 3.63) is 47.1 Å². The van der Waals surface area contributed by atoms with Crippen LogP contribution in [0.3, 0.4) is 0 Å². The van der Waals surface area contributed by atoms with Crippen LogP contribution in [0.5, 0.6) is 0 Å². The van der Waals surface area contributed by atoms with Gasteiger partial charge in [0.25, 0.3) is 0 Å². The molecule has 24 heavy (non-hydrogen) atoms. The van der Waals surface area contributed by atoms with E-state index in [0.717, 1.165) is 37.3 Å². The molecular formula is C19H30N4O. The Morgan fingerprint density at radius 2 is 2.21 bits per heavy atom. The van der Waals surface area contributed by atoms with Gasteiger partial charge in [0.2, 0.25) is 5.91 Å². The number of hydrogen-bond acceptors (Lipinski definition) is 4. The van der Waals surface area contributed by atoms with Gasteiger partial charge in [0.15, 0.2) is 0 Å². The molecule has 2 aliphatic rings. The first kappa shape index (κ1) is 18.2. The minimum Gasteiger partial charge on any atom is -0.398 e. The minimum absolute atomic E-state index is 0.182. The van der Waals surface area contributed by atoms with E-state index in [1.807, 2.05) is 31.9 Å². The predicted octanol–water partition coefficient (Wildman–Crippen LogP) is 2.36. The van der Waals surface area contributed by atoms with Gasteiger partial charge in [-0.1, -0.05) is 12.5 Å². The van der Waals surface area contributed by atoms with Crippen molar-refractivity contribution in [1.82, 2.24) is 15.5 Å². The fourth-order valence-corrected chi connectivity index (χ4v) is 3.31. The highest BCUT2D eigenvalue weighted by Gasteiger charge is 2.29. The molecule has 0 spiro atoms. The van der Waals surface area contributed by atoms with Gasteiger partial charge >= 0.3 is 0 Å². The number of carbonyl (C=O) groups is 1. The van der Waals surface area contributed by atoms with Crippen molar-refractivity contribution in [3.8, 4) is 0 Å². The van der Waals surface area contributed by atoms with Crippen LogP contribution in [0.25, 0.3) is 0 Å². The number of nitrogens with one attached hydrogen (secondary N) is 2. The van der Waals surface area contributed by atoms with Crippen LogP contribution >= 0.6 is 0 Å². The number of rotatable bonds is 6. The third-order valence-electron chi connectivity index (χ3n) is 4.53. The number of allylic oxidation sites excluding steroid dienone is 5. The summed E-state index contributed by atoms with van der Waals surface area (Å²) in [4.78, 5) is 14.1. The summed E-state index contributed by atoms with van der Waals surface area (Å²) in [5.74, 6) is 0.465. The Hall–Kier alpha value is -2.17. The van der Waals surface area contributed by atoms with E-state index in [1.54, 1.807) is 0 Å². The zero-order valence-electron chi connectivity index (χ0n) is 15.1. The van der Waals surface area contributed by atoms with Gasteiger partial charge in [-0.05, 0) is 44.9 Å². The zero-order valence-corrected chi connectivity index (χ0v) is 15.1. The second-order valence-corrected chi connectivity index (χ2v) is 6.13. The lowest BCUT2D eigenvalue weighted by molar-refractivity contribution is -0.128. The van der Waals surface area contributed by atoms with Crippen LogP contribution in [0.1, 0.15) is 40.0 Å². The average molecular weight is 330 g/mol. The van der Waals surface area contributed by atoms with Gasteiger partial charge in [-0.15, -0.1) is 0 Å². The highest BCUT2D eigenvalue weighted by Crippen LogP contribution is 2.35. The fraction of sp³-hybridized carbons (Fsp3) is 0.526. The van der Waals surface area contributed by atoms with Gasteiger partial charge in [0.1, 0.15) is 0 Å². The van der Waals surface area contributed by atoms with Crippen LogP contribution in [0.2, 0.25) is 0 Å². The zero-order chi connectivity index (χ0) is 17.5. The maximum absolute atomic E-state index is 12.2. The molecule has 1 unspecified atom stereocenters. The molecule has 5 nitrogen and oxygen atoms in total. The Bertz CT molecular complexity index is 586. The highest BCUT2D eigenvalue weighted by atomic mass is 16.2. The number of fused-ring (bicyclic) bond motifs is 1. The van der Waals surface area contributed by atoms with Gasteiger partial charge in [-0.25, -0.2) is 0 Å². The molecule has 2 rings (SSSR count). The molecule has 1 aliphatic heterocycles. The van der Waals surface area contributed by atoms with E-state index in [9.17, 15) is 4.79 Å². The summed E-state index contributed by atoms with van der Waals surface area (Å²) in [7, 11) is 0. The summed E-state index contributed by atoms with van der Waals surface area (Å²) in [6, 6.07) is 0. The van der Waals surface area contributed by atoms with E-state index in [4.69, 9.17) is 5.73 Å². The predicted molar refractivity (Wildman–Crippen MR) is 98.6 cm³/mol. The number of amides is 1. The van der Waals surface area contributed by atoms with E-state index < -0.39 is 0 Å². The number of hydrogen-bond donors (Lipinski definition) is 3. The van der Waals surface area contributed by atoms with Crippen LogP contribution in [0.15, 0.2) is 47.1 Å². The molecule has 0 aromatic carbocycles. The monoisotopic (exact) mass is 330 g/mol. The lowest BCUT2D eigenvalue weighted by Crippen LogP contribution is -2.36. The van der Waals surface area contributed by atoms with E-state index in [2.05, 4.69) is 28.9 Å². The molecule has 132 valence electrons. The first-order valence-corrected chi connectivity index (χ1v) is 8.95. The number of nitrogens with two attached hydrogens (primary N) is 1. The van der Waals surface area contributed by atoms with Gasteiger partial charge < -0.3 is 21.3 Å². The Labute approximate surface area is 145 Å². The van der Waals surface area contributed by atoms with Crippen LogP contribution in [-0.2, 0) is 4.79 Å². The topological polar surface area (TPSA) is 70.4 Å². The maximum atomic E-state index is 12.2. The van der Waals surface area contributed by atoms with Crippen molar-refractivity contribution < 1.29 is 4.79 Å². The van der Waals surface area contributed by atoms with Gasteiger partial charge in [0.05, 0.1) is 0 Å². The third-order valence-corrected chi connectivity index (χ3v) is 4.53. The second kappa shape index (κ2) is 8.62. The van der Waals surface area contributed by atoms with Crippen molar-refractivity contribution in [2.24, 2.45) is 11.7 Å². The Morgan fingerprint density at radius 1 is 1.42 bits per heavy atom. The minimum atomic E-state index is 0.182. The molecule has 4 N–H and O–H groups in total. The largest absolute Gasteiger partial charge is 0.398 e. The molecule has 1 aliphatic carbocycles. The molecule has 1 atom stereocenters. The van der Waals surface area contributed by atoms with Crippen molar-refractivity contribution in [2.75, 3.05) is 19.6 Å². The summed E-state index contributed by atoms with van der Waals surface area (Å²) in [6.45, 7) is 8.48. The van der Waals surface area contributed by atoms with Gasteiger partial charge in [0, 0.05) is 55.3 Å². The quantitative estimate of drug-likeness (QED) is 0.699. The molecular weight excluding hydrogens is 300 g/mol. The molecule has 0 aromatic heterocycles. The Morgan fingerprint density at radius 3 is 2.88 bits per heavy atom. The summed E-state index contributed by atoms with van der Waals surface area (Å²) < 4.78 is 0.